The van der Waals surface area contributed by atoms with Crippen molar-refractivity contribution >= 4 is 32.8 Å². The van der Waals surface area contributed by atoms with Gasteiger partial charge < -0.3 is 0 Å². The fourth-order valence-corrected chi connectivity index (χ4v) is 1.22. The second kappa shape index (κ2) is 4.49. The first-order chi connectivity index (χ1) is 5.91. The van der Waals surface area contributed by atoms with Gasteiger partial charge in [0.2, 0.25) is 0 Å². The molecule has 14 heavy (non-hydrogen) atoms. The van der Waals surface area contributed by atoms with Crippen LogP contribution in [0.2, 0.25) is 0 Å². The highest BCUT2D eigenvalue weighted by Crippen LogP contribution is 2.14. The van der Waals surface area contributed by atoms with Crippen molar-refractivity contribution in [3.8, 4) is 0 Å². The van der Waals surface area contributed by atoms with E-state index in [-0.39, 0.29) is 27.6 Å². The molecule has 1 N–H and O–H groups in total. The van der Waals surface area contributed by atoms with Crippen LogP contribution in [0.5, 0.6) is 0 Å². The first kappa shape index (κ1) is 13.0. The number of nitrogens with zero attached hydrogens (tertiary/aromatic N) is 1. The fraction of sp³-hybridized carbons (Fsp3) is 0. The zero-order valence-electron chi connectivity index (χ0n) is 6.65. The minimum absolute atomic E-state index is 0. The molecular formula is C6H6BrNO5S. The molecule has 0 amide bonds. The summed E-state index contributed by atoms with van der Waals surface area (Å²) in [6.07, 6.45) is 0. The van der Waals surface area contributed by atoms with Gasteiger partial charge in [-0.25, -0.2) is 0 Å². The van der Waals surface area contributed by atoms with Crippen molar-refractivity contribution in [2.24, 2.45) is 0 Å². The third-order valence-corrected chi connectivity index (χ3v) is 2.21. The largest absolute Gasteiger partial charge is 0.294 e. The Morgan fingerprint density at radius 1 is 1.21 bits per heavy atom. The molecule has 0 saturated carbocycles. The number of nitro groups is 1. The molecule has 0 unspecified atom stereocenters. The maximum atomic E-state index is 10.5. The van der Waals surface area contributed by atoms with Gasteiger partial charge in [-0.2, -0.15) is 8.42 Å². The number of non-ortho nitro benzene ring substituents is 1. The molecule has 0 fully saturated rings. The number of halogens is 1. The van der Waals surface area contributed by atoms with E-state index in [2.05, 4.69) is 0 Å². The Morgan fingerprint density at radius 3 is 1.93 bits per heavy atom. The summed E-state index contributed by atoms with van der Waals surface area (Å²) in [7, 11) is -4.27. The Kier molecular flexibility index (Phi) is 4.17. The lowest BCUT2D eigenvalue weighted by atomic mass is 10.3. The molecule has 8 heteroatoms. The molecular weight excluding hydrogens is 278 g/mol. The maximum Gasteiger partial charge on any atom is 0.294 e. The maximum absolute atomic E-state index is 10.5. The van der Waals surface area contributed by atoms with Gasteiger partial charge in [-0.1, -0.05) is 0 Å². The smallest absolute Gasteiger partial charge is 0.282 e. The van der Waals surface area contributed by atoms with Crippen LogP contribution in [0.15, 0.2) is 29.2 Å². The van der Waals surface area contributed by atoms with Crippen molar-refractivity contribution in [1.29, 1.82) is 0 Å². The topological polar surface area (TPSA) is 97.5 Å². The van der Waals surface area contributed by atoms with E-state index in [9.17, 15) is 18.5 Å². The van der Waals surface area contributed by atoms with Crippen molar-refractivity contribution < 1.29 is 17.9 Å². The molecule has 0 spiro atoms. The summed E-state index contributed by atoms with van der Waals surface area (Å²) in [6.45, 7) is 0. The summed E-state index contributed by atoms with van der Waals surface area (Å²) in [4.78, 5) is 9.13. The third kappa shape index (κ3) is 3.05. The molecule has 1 rings (SSSR count). The molecule has 6 nitrogen and oxygen atoms in total. The van der Waals surface area contributed by atoms with Gasteiger partial charge in [-0.15, -0.1) is 17.0 Å². The standard InChI is InChI=1S/C6H5NO5S.BrH/c8-7(9)5-1-3-6(4-2-5)13(10,11)12;/h1-4H,(H,10,11,12);1H. The molecule has 1 aromatic rings. The van der Waals surface area contributed by atoms with Crippen LogP contribution in [0.1, 0.15) is 0 Å². The molecule has 0 radical (unpaired) electrons. The lowest BCUT2D eigenvalue weighted by Gasteiger charge is -1.94. The molecule has 1 aromatic carbocycles. The van der Waals surface area contributed by atoms with E-state index < -0.39 is 15.0 Å². The van der Waals surface area contributed by atoms with Crippen LogP contribution in [0.25, 0.3) is 0 Å². The summed E-state index contributed by atoms with van der Waals surface area (Å²) >= 11 is 0. The Morgan fingerprint density at radius 2 is 1.64 bits per heavy atom. The van der Waals surface area contributed by atoms with Crippen LogP contribution in [-0.2, 0) is 10.1 Å². The average Bonchev–Trinajstić information content (AvgIpc) is 2.03. The zero-order valence-corrected chi connectivity index (χ0v) is 9.18. The van der Waals surface area contributed by atoms with E-state index in [1.54, 1.807) is 0 Å². The molecule has 0 saturated heterocycles. The number of rotatable bonds is 2. The van der Waals surface area contributed by atoms with E-state index in [0.29, 0.717) is 0 Å². The summed E-state index contributed by atoms with van der Waals surface area (Å²) in [5.41, 5.74) is -0.229. The van der Waals surface area contributed by atoms with Crippen LogP contribution in [-0.4, -0.2) is 17.9 Å². The molecule has 0 bridgehead atoms. The number of benzene rings is 1. The molecule has 0 aliphatic rings. The van der Waals surface area contributed by atoms with Gasteiger partial charge in [-0.05, 0) is 12.1 Å². The second-order valence-electron chi connectivity index (χ2n) is 2.23. The SMILES string of the molecule is Br.O=[N+]([O-])c1ccc(S(=O)(=O)O)cc1. The minimum Gasteiger partial charge on any atom is -0.282 e. The molecule has 0 aromatic heterocycles. The van der Waals surface area contributed by atoms with Crippen LogP contribution in [0.4, 0.5) is 5.69 Å². The van der Waals surface area contributed by atoms with Crippen molar-refractivity contribution in [3.63, 3.8) is 0 Å². The van der Waals surface area contributed by atoms with E-state index in [4.69, 9.17) is 4.55 Å². The summed E-state index contributed by atoms with van der Waals surface area (Å²) in [5, 5.41) is 10.2. The quantitative estimate of drug-likeness (QED) is 0.503. The highest BCUT2D eigenvalue weighted by Gasteiger charge is 2.11. The van der Waals surface area contributed by atoms with Gasteiger partial charge in [0, 0.05) is 12.1 Å². The van der Waals surface area contributed by atoms with Gasteiger partial charge in [0.15, 0.2) is 0 Å². The van der Waals surface area contributed by atoms with Gasteiger partial charge in [-0.3, -0.25) is 14.7 Å². The Bertz CT molecular complexity index is 426. The Balaban J connectivity index is 0.00000169. The minimum atomic E-state index is -4.27. The first-order valence-electron chi connectivity index (χ1n) is 3.13. The van der Waals surface area contributed by atoms with Gasteiger partial charge in [0.1, 0.15) is 0 Å². The van der Waals surface area contributed by atoms with E-state index in [1.807, 2.05) is 0 Å². The molecule has 0 heterocycles. The van der Waals surface area contributed by atoms with Crippen molar-refractivity contribution in [2.45, 2.75) is 4.90 Å². The second-order valence-corrected chi connectivity index (χ2v) is 3.65. The van der Waals surface area contributed by atoms with E-state index in [1.165, 1.54) is 0 Å². The predicted octanol–water partition coefficient (Wildman–Crippen LogP) is 1.42. The monoisotopic (exact) mass is 283 g/mol. The number of hydrogen-bond acceptors (Lipinski definition) is 4. The predicted molar refractivity (Wildman–Crippen MR) is 53.2 cm³/mol. The van der Waals surface area contributed by atoms with Crippen LogP contribution in [0.3, 0.4) is 0 Å². The third-order valence-electron chi connectivity index (χ3n) is 1.35. The van der Waals surface area contributed by atoms with Crippen LogP contribution < -0.4 is 0 Å². The lowest BCUT2D eigenvalue weighted by Crippen LogP contribution is -1.97. The van der Waals surface area contributed by atoms with E-state index in [0.717, 1.165) is 24.3 Å². The summed E-state index contributed by atoms with van der Waals surface area (Å²) in [6, 6.07) is 3.94. The highest BCUT2D eigenvalue weighted by atomic mass is 79.9. The molecule has 0 aliphatic heterocycles. The van der Waals surface area contributed by atoms with Gasteiger partial charge in [0.05, 0.1) is 9.82 Å². The Labute approximate surface area is 90.2 Å². The number of nitro benzene ring substituents is 1. The number of hydrogen-bond donors (Lipinski definition) is 1. The Hall–Kier alpha value is -0.990. The lowest BCUT2D eigenvalue weighted by molar-refractivity contribution is -0.384. The normalized spacial score (nSPS) is 10.4. The van der Waals surface area contributed by atoms with Crippen molar-refractivity contribution in [1.82, 2.24) is 0 Å². The summed E-state index contributed by atoms with van der Waals surface area (Å²) < 4.78 is 29.5. The zero-order chi connectivity index (χ0) is 10.1. The van der Waals surface area contributed by atoms with Gasteiger partial charge >= 0.3 is 0 Å². The van der Waals surface area contributed by atoms with Gasteiger partial charge in [0.25, 0.3) is 15.8 Å². The highest BCUT2D eigenvalue weighted by molar-refractivity contribution is 8.93. The summed E-state index contributed by atoms with van der Waals surface area (Å²) in [5.74, 6) is 0. The van der Waals surface area contributed by atoms with Crippen molar-refractivity contribution in [3.05, 3.63) is 34.4 Å². The first-order valence-corrected chi connectivity index (χ1v) is 4.57. The van der Waals surface area contributed by atoms with Crippen LogP contribution >= 0.6 is 17.0 Å². The fourth-order valence-electron chi connectivity index (χ4n) is 0.740. The average molecular weight is 284 g/mol. The molecule has 78 valence electrons. The van der Waals surface area contributed by atoms with Crippen molar-refractivity contribution in [2.75, 3.05) is 0 Å². The van der Waals surface area contributed by atoms with Crippen LogP contribution in [0, 0.1) is 10.1 Å². The van der Waals surface area contributed by atoms with E-state index >= 15 is 0 Å². The molecule has 0 aliphatic carbocycles. The molecule has 0 atom stereocenters.